The number of nitrogens with zero attached hydrogens (tertiary/aromatic N) is 1. The highest BCUT2D eigenvalue weighted by atomic mass is 32.1. The van der Waals surface area contributed by atoms with Crippen LogP contribution in [0.3, 0.4) is 0 Å². The summed E-state index contributed by atoms with van der Waals surface area (Å²) in [5.41, 5.74) is 2.08. The molecular formula is C19H14F2N2OS. The molecule has 3 nitrogen and oxygen atoms in total. The average Bonchev–Trinajstić information content (AvgIpc) is 2.94. The summed E-state index contributed by atoms with van der Waals surface area (Å²) < 4.78 is 26.1. The molecule has 6 heteroatoms. The molecule has 1 N–H and O–H groups in total. The summed E-state index contributed by atoms with van der Waals surface area (Å²) in [7, 11) is 0. The van der Waals surface area contributed by atoms with E-state index in [-0.39, 0.29) is 17.5 Å². The lowest BCUT2D eigenvalue weighted by Gasteiger charge is -1.98. The molecule has 25 heavy (non-hydrogen) atoms. The van der Waals surface area contributed by atoms with E-state index >= 15 is 0 Å². The predicted octanol–water partition coefficient (Wildman–Crippen LogP) is 5.05. The SMILES string of the molecule is Cc1sc(NC(=O)/C=C/c2cccc(F)c2)nc1-c1ccc(F)cc1. The number of anilines is 1. The molecule has 3 aromatic rings. The van der Waals surface area contributed by atoms with Gasteiger partial charge in [0.2, 0.25) is 5.91 Å². The van der Waals surface area contributed by atoms with E-state index in [0.29, 0.717) is 16.4 Å². The van der Waals surface area contributed by atoms with Crippen molar-refractivity contribution in [3.05, 3.63) is 76.7 Å². The van der Waals surface area contributed by atoms with Crippen LogP contribution in [0.4, 0.5) is 13.9 Å². The fourth-order valence-corrected chi connectivity index (χ4v) is 3.09. The first-order valence-electron chi connectivity index (χ1n) is 7.49. The third kappa shape index (κ3) is 4.36. The first-order chi connectivity index (χ1) is 12.0. The molecule has 1 amide bonds. The van der Waals surface area contributed by atoms with E-state index in [1.807, 2.05) is 6.92 Å². The summed E-state index contributed by atoms with van der Waals surface area (Å²) in [6.45, 7) is 1.88. The molecule has 0 aliphatic carbocycles. The molecule has 0 saturated heterocycles. The van der Waals surface area contributed by atoms with E-state index in [2.05, 4.69) is 10.3 Å². The van der Waals surface area contributed by atoms with Crippen LogP contribution in [0.5, 0.6) is 0 Å². The normalized spacial score (nSPS) is 11.0. The number of thiazole rings is 1. The van der Waals surface area contributed by atoms with Crippen molar-refractivity contribution in [1.29, 1.82) is 0 Å². The topological polar surface area (TPSA) is 42.0 Å². The molecule has 0 radical (unpaired) electrons. The van der Waals surface area contributed by atoms with E-state index in [1.165, 1.54) is 47.8 Å². The largest absolute Gasteiger partial charge is 0.298 e. The average molecular weight is 356 g/mol. The van der Waals surface area contributed by atoms with Gasteiger partial charge in [0.25, 0.3) is 0 Å². The van der Waals surface area contributed by atoms with Gasteiger partial charge in [0.15, 0.2) is 5.13 Å². The molecule has 0 spiro atoms. The maximum absolute atomic E-state index is 13.1. The number of benzene rings is 2. The Balaban J connectivity index is 1.72. The zero-order valence-electron chi connectivity index (χ0n) is 13.3. The quantitative estimate of drug-likeness (QED) is 0.665. The molecule has 0 aliphatic heterocycles. The summed E-state index contributed by atoms with van der Waals surface area (Å²) in [5.74, 6) is -1.03. The second-order valence-corrected chi connectivity index (χ2v) is 6.51. The first-order valence-corrected chi connectivity index (χ1v) is 8.31. The Kier molecular flexibility index (Phi) is 5.00. The highest BCUT2D eigenvalue weighted by Gasteiger charge is 2.11. The lowest BCUT2D eigenvalue weighted by molar-refractivity contribution is -0.111. The fraction of sp³-hybridized carbons (Fsp3) is 0.0526. The number of hydrogen-bond acceptors (Lipinski definition) is 3. The van der Waals surface area contributed by atoms with Gasteiger partial charge in [-0.3, -0.25) is 10.1 Å². The van der Waals surface area contributed by atoms with E-state index < -0.39 is 0 Å². The van der Waals surface area contributed by atoms with Gasteiger partial charge in [0.05, 0.1) is 5.69 Å². The van der Waals surface area contributed by atoms with E-state index in [0.717, 1.165) is 10.4 Å². The third-order valence-corrected chi connectivity index (χ3v) is 4.31. The van der Waals surface area contributed by atoms with E-state index in [9.17, 15) is 13.6 Å². The number of carbonyl (C=O) groups excluding carboxylic acids is 1. The van der Waals surface area contributed by atoms with Crippen molar-refractivity contribution in [3.8, 4) is 11.3 Å². The Morgan fingerprint density at radius 3 is 2.60 bits per heavy atom. The summed E-state index contributed by atoms with van der Waals surface area (Å²) >= 11 is 1.34. The van der Waals surface area contributed by atoms with Gasteiger partial charge >= 0.3 is 0 Å². The summed E-state index contributed by atoms with van der Waals surface area (Å²) in [6, 6.07) is 12.0. The Bertz CT molecular complexity index is 933. The standard InChI is InChI=1S/C19H14F2N2OS/c1-12-18(14-6-8-15(20)9-7-14)23-19(25-12)22-17(24)10-5-13-3-2-4-16(21)11-13/h2-11H,1H3,(H,22,23,24)/b10-5+. The Hall–Kier alpha value is -2.86. The second kappa shape index (κ2) is 7.36. The minimum atomic E-state index is -0.359. The first kappa shape index (κ1) is 17.0. The van der Waals surface area contributed by atoms with Gasteiger partial charge < -0.3 is 0 Å². The van der Waals surface area contributed by atoms with Crippen LogP contribution in [0.2, 0.25) is 0 Å². The van der Waals surface area contributed by atoms with Crippen molar-refractivity contribution in [1.82, 2.24) is 4.98 Å². The van der Waals surface area contributed by atoms with Crippen molar-refractivity contribution in [3.63, 3.8) is 0 Å². The van der Waals surface area contributed by atoms with Gasteiger partial charge in [-0.25, -0.2) is 13.8 Å². The third-order valence-electron chi connectivity index (χ3n) is 3.42. The molecule has 0 unspecified atom stereocenters. The highest BCUT2D eigenvalue weighted by Crippen LogP contribution is 2.30. The summed E-state index contributed by atoms with van der Waals surface area (Å²) in [4.78, 5) is 17.3. The number of carbonyl (C=O) groups is 1. The predicted molar refractivity (Wildman–Crippen MR) is 96.3 cm³/mol. The minimum Gasteiger partial charge on any atom is -0.298 e. The molecule has 2 aromatic carbocycles. The molecule has 0 atom stereocenters. The Morgan fingerprint density at radius 2 is 1.88 bits per heavy atom. The van der Waals surface area contributed by atoms with Crippen molar-refractivity contribution < 1.29 is 13.6 Å². The number of rotatable bonds is 4. The van der Waals surface area contributed by atoms with Crippen molar-refractivity contribution in [2.24, 2.45) is 0 Å². The Morgan fingerprint density at radius 1 is 1.12 bits per heavy atom. The van der Waals surface area contributed by atoms with E-state index in [1.54, 1.807) is 24.3 Å². The van der Waals surface area contributed by atoms with Gasteiger partial charge in [-0.2, -0.15) is 0 Å². The molecule has 1 aromatic heterocycles. The molecule has 0 saturated carbocycles. The van der Waals surface area contributed by atoms with Crippen LogP contribution in [-0.2, 0) is 4.79 Å². The van der Waals surface area contributed by atoms with Crippen LogP contribution >= 0.6 is 11.3 Å². The monoisotopic (exact) mass is 356 g/mol. The number of halogens is 2. The van der Waals surface area contributed by atoms with Crippen molar-refractivity contribution in [2.75, 3.05) is 5.32 Å². The second-order valence-electron chi connectivity index (χ2n) is 5.31. The minimum absolute atomic E-state index is 0.312. The molecule has 3 rings (SSSR count). The van der Waals surface area contributed by atoms with Crippen LogP contribution in [0.15, 0.2) is 54.6 Å². The summed E-state index contributed by atoms with van der Waals surface area (Å²) in [5, 5.41) is 3.13. The number of amides is 1. The molecule has 126 valence electrons. The number of aryl methyl sites for hydroxylation is 1. The van der Waals surface area contributed by atoms with Crippen LogP contribution in [0.1, 0.15) is 10.4 Å². The zero-order valence-corrected chi connectivity index (χ0v) is 14.1. The lowest BCUT2D eigenvalue weighted by Crippen LogP contribution is -2.07. The van der Waals surface area contributed by atoms with Crippen LogP contribution in [0, 0.1) is 18.6 Å². The fourth-order valence-electron chi connectivity index (χ4n) is 2.25. The zero-order chi connectivity index (χ0) is 17.8. The molecular weight excluding hydrogens is 342 g/mol. The smallest absolute Gasteiger partial charge is 0.250 e. The van der Waals surface area contributed by atoms with Gasteiger partial charge in [0, 0.05) is 16.5 Å². The maximum Gasteiger partial charge on any atom is 0.250 e. The van der Waals surface area contributed by atoms with Gasteiger partial charge in [0.1, 0.15) is 11.6 Å². The molecule has 0 aliphatic rings. The lowest BCUT2D eigenvalue weighted by atomic mass is 10.1. The number of aromatic nitrogens is 1. The maximum atomic E-state index is 13.1. The molecule has 1 heterocycles. The number of nitrogens with one attached hydrogen (secondary N) is 1. The van der Waals surface area contributed by atoms with Gasteiger partial charge in [-0.1, -0.05) is 12.1 Å². The van der Waals surface area contributed by atoms with Crippen LogP contribution in [-0.4, -0.2) is 10.9 Å². The Labute approximate surface area is 147 Å². The van der Waals surface area contributed by atoms with Gasteiger partial charge in [-0.05, 0) is 55.0 Å². The summed E-state index contributed by atoms with van der Waals surface area (Å²) in [6.07, 6.45) is 2.85. The highest BCUT2D eigenvalue weighted by molar-refractivity contribution is 7.16. The van der Waals surface area contributed by atoms with Crippen LogP contribution < -0.4 is 5.32 Å². The molecule has 0 bridgehead atoms. The van der Waals surface area contributed by atoms with Crippen molar-refractivity contribution in [2.45, 2.75) is 6.92 Å². The van der Waals surface area contributed by atoms with Gasteiger partial charge in [-0.15, -0.1) is 11.3 Å². The van der Waals surface area contributed by atoms with Crippen molar-refractivity contribution >= 4 is 28.5 Å². The van der Waals surface area contributed by atoms with Crippen LogP contribution in [0.25, 0.3) is 17.3 Å². The number of hydrogen-bond donors (Lipinski definition) is 1. The molecule has 0 fully saturated rings. The van der Waals surface area contributed by atoms with E-state index in [4.69, 9.17) is 0 Å².